The molecule has 0 atom stereocenters. The summed E-state index contributed by atoms with van der Waals surface area (Å²) >= 11 is 11.7. The van der Waals surface area contributed by atoms with E-state index in [9.17, 15) is 4.79 Å². The van der Waals surface area contributed by atoms with Gasteiger partial charge in [0, 0.05) is 26.6 Å². The first-order valence-electron chi connectivity index (χ1n) is 4.92. The number of amides is 1. The Balaban J connectivity index is 0.00000256. The van der Waals surface area contributed by atoms with E-state index in [0.29, 0.717) is 29.6 Å². The molecule has 0 bridgehead atoms. The van der Waals surface area contributed by atoms with Gasteiger partial charge in [0.1, 0.15) is 0 Å². The van der Waals surface area contributed by atoms with Crippen molar-refractivity contribution in [2.75, 3.05) is 13.6 Å². The molecule has 1 amide bonds. The van der Waals surface area contributed by atoms with Crippen molar-refractivity contribution in [3.8, 4) is 0 Å². The van der Waals surface area contributed by atoms with Crippen molar-refractivity contribution in [1.82, 2.24) is 4.90 Å². The minimum Gasteiger partial charge on any atom is -0.341 e. The molecule has 6 heteroatoms. The van der Waals surface area contributed by atoms with Crippen LogP contribution in [-0.4, -0.2) is 24.4 Å². The largest absolute Gasteiger partial charge is 0.341 e. The van der Waals surface area contributed by atoms with Crippen molar-refractivity contribution in [2.24, 2.45) is 5.73 Å². The molecule has 0 aromatic heterocycles. The topological polar surface area (TPSA) is 46.3 Å². The standard InChI is InChI=1S/C11H14Cl2N2O.ClH/c1-15(11(16)4-5-14)7-8-2-3-9(12)10(13)6-8;/h2-3,6H,4-5,7,14H2,1H3;1H. The molecule has 3 nitrogen and oxygen atoms in total. The van der Waals surface area contributed by atoms with Gasteiger partial charge in [0.25, 0.3) is 0 Å². The Morgan fingerprint density at radius 3 is 2.53 bits per heavy atom. The third-order valence-corrected chi connectivity index (χ3v) is 2.93. The number of rotatable bonds is 4. The van der Waals surface area contributed by atoms with Crippen LogP contribution < -0.4 is 5.73 Å². The van der Waals surface area contributed by atoms with E-state index in [-0.39, 0.29) is 18.3 Å². The van der Waals surface area contributed by atoms with Gasteiger partial charge in [-0.1, -0.05) is 29.3 Å². The summed E-state index contributed by atoms with van der Waals surface area (Å²) in [5.74, 6) is 0.0218. The van der Waals surface area contributed by atoms with E-state index in [1.165, 1.54) is 0 Å². The quantitative estimate of drug-likeness (QED) is 0.929. The Kier molecular flexibility index (Phi) is 7.55. The molecular weight excluding hydrogens is 282 g/mol. The highest BCUT2D eigenvalue weighted by molar-refractivity contribution is 6.42. The normalized spacial score (nSPS) is 9.65. The minimum atomic E-state index is 0. The lowest BCUT2D eigenvalue weighted by Gasteiger charge is -2.17. The fraction of sp³-hybridized carbons (Fsp3) is 0.364. The highest BCUT2D eigenvalue weighted by Crippen LogP contribution is 2.23. The van der Waals surface area contributed by atoms with E-state index < -0.39 is 0 Å². The van der Waals surface area contributed by atoms with E-state index in [1.807, 2.05) is 6.07 Å². The summed E-state index contributed by atoms with van der Waals surface area (Å²) in [6.07, 6.45) is 0.359. The van der Waals surface area contributed by atoms with Crippen molar-refractivity contribution >= 4 is 41.5 Å². The summed E-state index contributed by atoms with van der Waals surface area (Å²) in [7, 11) is 1.74. The second-order valence-corrected chi connectivity index (χ2v) is 4.35. The van der Waals surface area contributed by atoms with Crippen molar-refractivity contribution in [3.05, 3.63) is 33.8 Å². The zero-order valence-corrected chi connectivity index (χ0v) is 11.8. The SMILES string of the molecule is CN(Cc1ccc(Cl)c(Cl)c1)C(=O)CCN.Cl. The number of nitrogens with two attached hydrogens (primary N) is 1. The molecule has 0 unspecified atom stereocenters. The predicted octanol–water partition coefficient (Wildman–Crippen LogP) is 2.72. The number of benzene rings is 1. The molecule has 0 aliphatic rings. The van der Waals surface area contributed by atoms with Crippen LogP contribution in [0.2, 0.25) is 10.0 Å². The van der Waals surface area contributed by atoms with Crippen LogP contribution in [0.4, 0.5) is 0 Å². The summed E-state index contributed by atoms with van der Waals surface area (Å²) < 4.78 is 0. The van der Waals surface area contributed by atoms with Crippen molar-refractivity contribution in [1.29, 1.82) is 0 Å². The molecule has 0 aliphatic heterocycles. The maximum Gasteiger partial charge on any atom is 0.223 e. The molecule has 1 aromatic carbocycles. The number of hydrogen-bond acceptors (Lipinski definition) is 2. The number of carbonyl (C=O) groups excluding carboxylic acids is 1. The highest BCUT2D eigenvalue weighted by Gasteiger charge is 2.08. The van der Waals surface area contributed by atoms with Gasteiger partial charge in [0.05, 0.1) is 10.0 Å². The monoisotopic (exact) mass is 296 g/mol. The lowest BCUT2D eigenvalue weighted by Crippen LogP contribution is -2.27. The molecule has 0 saturated heterocycles. The van der Waals surface area contributed by atoms with Gasteiger partial charge in [-0.2, -0.15) is 0 Å². The lowest BCUT2D eigenvalue weighted by molar-refractivity contribution is -0.130. The molecule has 0 radical (unpaired) electrons. The zero-order chi connectivity index (χ0) is 12.1. The van der Waals surface area contributed by atoms with Crippen LogP contribution in [-0.2, 0) is 11.3 Å². The van der Waals surface area contributed by atoms with E-state index in [1.54, 1.807) is 24.1 Å². The molecule has 2 N–H and O–H groups in total. The molecule has 1 rings (SSSR count). The van der Waals surface area contributed by atoms with E-state index in [4.69, 9.17) is 28.9 Å². The predicted molar refractivity (Wildman–Crippen MR) is 73.9 cm³/mol. The number of carbonyl (C=O) groups is 1. The van der Waals surface area contributed by atoms with E-state index >= 15 is 0 Å². The van der Waals surface area contributed by atoms with Crippen LogP contribution in [0.3, 0.4) is 0 Å². The summed E-state index contributed by atoms with van der Waals surface area (Å²) in [6, 6.07) is 5.33. The van der Waals surface area contributed by atoms with Gasteiger partial charge in [-0.05, 0) is 17.7 Å². The maximum absolute atomic E-state index is 11.5. The fourth-order valence-electron chi connectivity index (χ4n) is 1.31. The molecule has 0 saturated carbocycles. The average molecular weight is 298 g/mol. The number of halogens is 3. The summed E-state index contributed by atoms with van der Waals surface area (Å²) in [4.78, 5) is 13.1. The Morgan fingerprint density at radius 1 is 1.35 bits per heavy atom. The van der Waals surface area contributed by atoms with Crippen LogP contribution in [0.15, 0.2) is 18.2 Å². The first-order chi connectivity index (χ1) is 7.54. The minimum absolute atomic E-state index is 0. The highest BCUT2D eigenvalue weighted by atomic mass is 35.5. The molecule has 1 aromatic rings. The smallest absolute Gasteiger partial charge is 0.223 e. The Morgan fingerprint density at radius 2 is 2.00 bits per heavy atom. The van der Waals surface area contributed by atoms with Crippen LogP contribution >= 0.6 is 35.6 Å². The Hall–Kier alpha value is -0.480. The molecule has 0 aliphatic carbocycles. The van der Waals surface area contributed by atoms with Gasteiger partial charge in [-0.25, -0.2) is 0 Å². The first kappa shape index (κ1) is 16.5. The molecule has 0 fully saturated rings. The van der Waals surface area contributed by atoms with Gasteiger partial charge in [0.2, 0.25) is 5.91 Å². The third kappa shape index (κ3) is 5.13. The van der Waals surface area contributed by atoms with Gasteiger partial charge >= 0.3 is 0 Å². The zero-order valence-electron chi connectivity index (χ0n) is 9.45. The van der Waals surface area contributed by atoms with Gasteiger partial charge < -0.3 is 10.6 Å². The van der Waals surface area contributed by atoms with E-state index in [2.05, 4.69) is 0 Å². The van der Waals surface area contributed by atoms with Crippen LogP contribution in [0.5, 0.6) is 0 Å². The number of nitrogens with zero attached hydrogens (tertiary/aromatic N) is 1. The molecule has 17 heavy (non-hydrogen) atoms. The lowest BCUT2D eigenvalue weighted by atomic mass is 10.2. The third-order valence-electron chi connectivity index (χ3n) is 2.19. The van der Waals surface area contributed by atoms with Gasteiger partial charge in [0.15, 0.2) is 0 Å². The van der Waals surface area contributed by atoms with Crippen molar-refractivity contribution in [2.45, 2.75) is 13.0 Å². The second-order valence-electron chi connectivity index (χ2n) is 3.54. The molecular formula is C11H15Cl3N2O. The van der Waals surface area contributed by atoms with Crippen LogP contribution in [0.25, 0.3) is 0 Å². The molecule has 0 heterocycles. The summed E-state index contributed by atoms with van der Waals surface area (Å²) in [6.45, 7) is 0.875. The van der Waals surface area contributed by atoms with Crippen LogP contribution in [0, 0.1) is 0 Å². The maximum atomic E-state index is 11.5. The molecule has 96 valence electrons. The molecule has 0 spiro atoms. The second kappa shape index (κ2) is 7.77. The van der Waals surface area contributed by atoms with Crippen LogP contribution in [0.1, 0.15) is 12.0 Å². The first-order valence-corrected chi connectivity index (χ1v) is 5.68. The van der Waals surface area contributed by atoms with Gasteiger partial charge in [-0.15, -0.1) is 12.4 Å². The Labute approximate surface area is 117 Å². The van der Waals surface area contributed by atoms with E-state index in [0.717, 1.165) is 5.56 Å². The average Bonchev–Trinajstić information content (AvgIpc) is 2.24. The Bertz CT molecular complexity index is 385. The fourth-order valence-corrected chi connectivity index (χ4v) is 1.64. The van der Waals surface area contributed by atoms with Crippen molar-refractivity contribution < 1.29 is 4.79 Å². The summed E-state index contributed by atoms with van der Waals surface area (Å²) in [5.41, 5.74) is 6.27. The van der Waals surface area contributed by atoms with Gasteiger partial charge in [-0.3, -0.25) is 4.79 Å². The van der Waals surface area contributed by atoms with Crippen molar-refractivity contribution in [3.63, 3.8) is 0 Å². The number of hydrogen-bond donors (Lipinski definition) is 1. The summed E-state index contributed by atoms with van der Waals surface area (Å²) in [5, 5.41) is 1.01.